The van der Waals surface area contributed by atoms with E-state index in [9.17, 15) is 31.1 Å². The smallest absolute Gasteiger partial charge is 0.267 e. The number of alkyl halides is 6. The summed E-state index contributed by atoms with van der Waals surface area (Å²) in [5.41, 5.74) is 14.6. The van der Waals surface area contributed by atoms with Crippen LogP contribution in [0.25, 0.3) is 32.7 Å². The molecule has 0 aliphatic rings. The summed E-state index contributed by atoms with van der Waals surface area (Å²) in [5, 5.41) is 4.58. The van der Waals surface area contributed by atoms with Crippen molar-refractivity contribution in [2.45, 2.75) is 39.7 Å². The normalized spacial score (nSPS) is 10.6. The molecule has 0 atom stereocenters. The fraction of sp³-hybridized carbons (Fsp3) is 0.149. The van der Waals surface area contributed by atoms with E-state index in [4.69, 9.17) is 27.8 Å². The lowest BCUT2D eigenvalue weighted by molar-refractivity contribution is -0.114. The van der Waals surface area contributed by atoms with Crippen molar-refractivity contribution in [2.24, 2.45) is 5.73 Å². The Morgan fingerprint density at radius 1 is 0.636 bits per heavy atom. The fourth-order valence-corrected chi connectivity index (χ4v) is 7.31. The number of carbonyl (C=O) groups excluding carboxylic acids is 1. The number of aryl methyl sites for hydroxylation is 1. The molecule has 0 unspecified atom stereocenters. The van der Waals surface area contributed by atoms with Crippen molar-refractivity contribution in [3.63, 3.8) is 0 Å². The number of hydrogen-bond donors (Lipinski definition) is 3. The van der Waals surface area contributed by atoms with Gasteiger partial charge >= 0.3 is 0 Å². The van der Waals surface area contributed by atoms with E-state index in [-0.39, 0.29) is 33.6 Å². The molecule has 3 aromatic heterocycles. The van der Waals surface area contributed by atoms with E-state index in [1.54, 1.807) is 56.5 Å². The molecule has 0 radical (unpaired) electrons. The van der Waals surface area contributed by atoms with Crippen LogP contribution in [-0.2, 0) is 11.3 Å². The summed E-state index contributed by atoms with van der Waals surface area (Å²) in [6, 6.07) is 35.3. The second kappa shape index (κ2) is 25.9. The van der Waals surface area contributed by atoms with Crippen LogP contribution in [0.3, 0.4) is 0 Å². The van der Waals surface area contributed by atoms with Crippen molar-refractivity contribution in [1.29, 1.82) is 0 Å². The molecule has 0 bridgehead atoms. The number of nitrogens with one attached hydrogen (secondary N) is 1. The minimum Gasteiger partial charge on any atom is -0.497 e. The lowest BCUT2D eigenvalue weighted by Gasteiger charge is -2.06. The van der Waals surface area contributed by atoms with Gasteiger partial charge in [-0.1, -0.05) is 112 Å². The molecular weight excluding hydrogens is 1150 g/mol. The highest BCUT2D eigenvalue weighted by Gasteiger charge is 2.16. The highest BCUT2D eigenvalue weighted by atomic mass is 79.9. The van der Waals surface area contributed by atoms with Gasteiger partial charge in [0.25, 0.3) is 19.3 Å². The van der Waals surface area contributed by atoms with Crippen molar-refractivity contribution in [2.75, 3.05) is 18.2 Å². The number of halogens is 11. The van der Waals surface area contributed by atoms with Crippen molar-refractivity contribution in [3.8, 4) is 5.75 Å². The lowest BCUT2D eigenvalue weighted by atomic mass is 10.1. The van der Waals surface area contributed by atoms with E-state index < -0.39 is 19.3 Å². The second-order valence-electron chi connectivity index (χ2n) is 13.7. The molecule has 0 aliphatic carbocycles. The average molecular weight is 1190 g/mol. The largest absolute Gasteiger partial charge is 0.497 e. The van der Waals surface area contributed by atoms with Gasteiger partial charge in [-0.2, -0.15) is 0 Å². The van der Waals surface area contributed by atoms with Crippen LogP contribution in [0.2, 0.25) is 5.15 Å². The molecule has 0 fully saturated rings. The summed E-state index contributed by atoms with van der Waals surface area (Å²) < 4.78 is 83.7. The summed E-state index contributed by atoms with van der Waals surface area (Å²) in [6.45, 7) is 3.67. The summed E-state index contributed by atoms with van der Waals surface area (Å²) in [7, 11) is 1.65. The first-order valence-electron chi connectivity index (χ1n) is 19.2. The number of amides is 1. The van der Waals surface area contributed by atoms with E-state index in [1.807, 2.05) is 60.7 Å². The number of carbonyl (C=O) groups is 1. The number of fused-ring (bicyclic) bond motifs is 3. The Morgan fingerprint density at radius 3 is 1.55 bits per heavy atom. The zero-order chi connectivity index (χ0) is 48.7. The van der Waals surface area contributed by atoms with E-state index in [0.29, 0.717) is 34.0 Å². The van der Waals surface area contributed by atoms with Crippen LogP contribution < -0.4 is 21.5 Å². The van der Waals surface area contributed by atoms with Gasteiger partial charge in [-0.3, -0.25) is 9.78 Å². The van der Waals surface area contributed by atoms with Gasteiger partial charge in [0.05, 0.1) is 34.8 Å². The molecule has 8 nitrogen and oxygen atoms in total. The summed E-state index contributed by atoms with van der Waals surface area (Å²) in [6.07, 6.45) is -7.66. The summed E-state index contributed by atoms with van der Waals surface area (Å²) >= 11 is 18.8. The van der Waals surface area contributed by atoms with Crippen molar-refractivity contribution in [1.82, 2.24) is 15.0 Å². The molecule has 0 spiro atoms. The van der Waals surface area contributed by atoms with Gasteiger partial charge in [-0.15, -0.1) is 0 Å². The third kappa shape index (κ3) is 16.5. The molecule has 19 heteroatoms. The highest BCUT2D eigenvalue weighted by molar-refractivity contribution is 9.11. The van der Waals surface area contributed by atoms with E-state index in [1.165, 1.54) is 25.1 Å². The number of nitrogen functional groups attached to an aromatic ring is 1. The highest BCUT2D eigenvalue weighted by Crippen LogP contribution is 2.31. The van der Waals surface area contributed by atoms with Crippen molar-refractivity contribution < 1.29 is 35.9 Å². The topological polar surface area (TPSA) is 129 Å². The van der Waals surface area contributed by atoms with Gasteiger partial charge in [-0.25, -0.2) is 36.3 Å². The minimum atomic E-state index is -2.60. The van der Waals surface area contributed by atoms with Gasteiger partial charge in [0.15, 0.2) is 0 Å². The molecule has 346 valence electrons. The van der Waals surface area contributed by atoms with Crippen LogP contribution in [0.4, 0.5) is 37.8 Å². The fourth-order valence-electron chi connectivity index (χ4n) is 5.64. The monoisotopic (exact) mass is 1180 g/mol. The van der Waals surface area contributed by atoms with Crippen LogP contribution >= 0.6 is 75.3 Å². The first-order chi connectivity index (χ1) is 31.3. The van der Waals surface area contributed by atoms with Crippen molar-refractivity contribution in [3.05, 3.63) is 172 Å². The van der Waals surface area contributed by atoms with Gasteiger partial charge in [0, 0.05) is 64.5 Å². The Balaban J connectivity index is 0.000000182. The molecule has 3 heterocycles. The molecule has 0 saturated carbocycles. The Morgan fingerprint density at radius 2 is 1.09 bits per heavy atom. The van der Waals surface area contributed by atoms with Gasteiger partial charge in [-0.05, 0) is 97.4 Å². The Hall–Kier alpha value is -4.85. The Bertz CT molecular complexity index is 2650. The number of aromatic nitrogens is 3. The molecule has 0 aliphatic heterocycles. The number of rotatable bonds is 6. The van der Waals surface area contributed by atoms with Gasteiger partial charge < -0.3 is 21.5 Å². The molecule has 5 aromatic carbocycles. The summed E-state index contributed by atoms with van der Waals surface area (Å²) in [5.74, 6) is 0.705. The van der Waals surface area contributed by atoms with Crippen LogP contribution in [0.1, 0.15) is 54.1 Å². The first-order valence-corrected chi connectivity index (χ1v) is 22.7. The molecule has 0 saturated heterocycles. The maximum atomic E-state index is 12.6. The Kier molecular flexibility index (Phi) is 21.1. The number of methoxy groups -OCH3 is 1. The van der Waals surface area contributed by atoms with Crippen LogP contribution in [0, 0.1) is 6.92 Å². The zero-order valence-corrected chi connectivity index (χ0v) is 42.1. The SMILES string of the molecule is CC(=O)Nc1cccc(Br)c1.COc1ccc(CN)cc1.Cc1nc2cc(Br)ccc2cc1C(F)F.FC(F)c1cc2ccc(Br)cc2nc1Cl.Nc1nc2cc(Br)ccc2cc1C(F)F. The number of pyridine rings is 3. The third-order valence-corrected chi connectivity index (χ3v) is 11.1. The number of nitrogens with zero attached hydrogens (tertiary/aromatic N) is 3. The molecule has 8 rings (SSSR count). The predicted octanol–water partition coefficient (Wildman–Crippen LogP) is 15.9. The van der Waals surface area contributed by atoms with Crippen LogP contribution in [-0.4, -0.2) is 28.0 Å². The standard InChI is InChI=1S/C11H8BrF2N.C10H5BrClF2N.C10H7BrF2N2.C8H8BrNO.C8H11NO/c1-6-9(11(13)14)4-7-2-3-8(12)5-10(7)15-6;11-6-2-1-5-3-7(10(13)14)9(12)15-8(5)4-6;11-6-2-1-5-3-7(9(12)13)10(14)15-8(5)4-6;1-6(11)10-8-4-2-3-7(9)5-8;1-10-8-4-2-7(6-9)3-5-8/h2-5,11H,1H3;1-4,10H;1-4,9H,(H2,14,15);2-5H,1H3,(H,10,11);2-5H,6,9H2,1H3. The summed E-state index contributed by atoms with van der Waals surface area (Å²) in [4.78, 5) is 22.6. The van der Waals surface area contributed by atoms with E-state index in [2.05, 4.69) is 84.0 Å². The number of ether oxygens (including phenoxy) is 1. The molecular formula is C47H39Br4ClF6N6O2. The maximum absolute atomic E-state index is 12.6. The number of hydrogen-bond acceptors (Lipinski definition) is 7. The predicted molar refractivity (Wildman–Crippen MR) is 267 cm³/mol. The van der Waals surface area contributed by atoms with Crippen LogP contribution in [0.5, 0.6) is 5.75 Å². The van der Waals surface area contributed by atoms with E-state index in [0.717, 1.165) is 45.8 Å². The molecule has 1 amide bonds. The van der Waals surface area contributed by atoms with Crippen molar-refractivity contribution >= 4 is 125 Å². The average Bonchev–Trinajstić information content (AvgIpc) is 3.26. The number of benzene rings is 5. The third-order valence-electron chi connectivity index (χ3n) is 8.85. The van der Waals surface area contributed by atoms with E-state index >= 15 is 0 Å². The zero-order valence-electron chi connectivity index (χ0n) is 35.0. The van der Waals surface area contributed by atoms with Gasteiger partial charge in [0.2, 0.25) is 5.91 Å². The maximum Gasteiger partial charge on any atom is 0.267 e. The first kappa shape index (κ1) is 53.8. The van der Waals surface area contributed by atoms with Gasteiger partial charge in [0.1, 0.15) is 16.7 Å². The Labute approximate surface area is 415 Å². The number of nitrogens with two attached hydrogens (primary N) is 2. The lowest BCUT2D eigenvalue weighted by Crippen LogP contribution is -2.05. The molecule has 5 N–H and O–H groups in total. The van der Waals surface area contributed by atoms with Crippen LogP contribution in [0.15, 0.2) is 139 Å². The quantitative estimate of drug-likeness (QED) is 0.112. The minimum absolute atomic E-state index is 0.00447. The molecule has 8 aromatic rings. The number of anilines is 2. The molecule has 66 heavy (non-hydrogen) atoms. The second-order valence-corrected chi connectivity index (χ2v) is 17.7.